The number of amides is 1. The molecule has 0 heterocycles. The summed E-state index contributed by atoms with van der Waals surface area (Å²) in [6, 6.07) is 8.86. The molecule has 0 aromatic heterocycles. The van der Waals surface area contributed by atoms with E-state index in [1.807, 2.05) is 0 Å². The molecule has 0 fully saturated rings. The fourth-order valence-electron chi connectivity index (χ4n) is 1.50. The third-order valence-corrected chi connectivity index (χ3v) is 3.22. The molecule has 0 aliphatic heterocycles. The van der Waals surface area contributed by atoms with Crippen molar-refractivity contribution in [1.82, 2.24) is 0 Å². The summed E-state index contributed by atoms with van der Waals surface area (Å²) in [6.45, 7) is 0. The average molecular weight is 344 g/mol. The number of benzene rings is 2. The molecule has 0 saturated heterocycles. The average Bonchev–Trinajstić information content (AvgIpc) is 2.32. The normalized spacial score (nSPS) is 10.3. The van der Waals surface area contributed by atoms with Gasteiger partial charge in [-0.15, -0.1) is 0 Å². The SMILES string of the molecule is Nc1ccc(NC(=O)c2ccc(Br)cc2F)c(Cl)c1. The molecule has 3 N–H and O–H groups in total. The lowest BCUT2D eigenvalue weighted by atomic mass is 10.2. The number of carbonyl (C=O) groups excluding carboxylic acids is 1. The van der Waals surface area contributed by atoms with Crippen LogP contribution >= 0.6 is 27.5 Å². The van der Waals surface area contributed by atoms with E-state index in [4.69, 9.17) is 17.3 Å². The largest absolute Gasteiger partial charge is 0.399 e. The highest BCUT2D eigenvalue weighted by Crippen LogP contribution is 2.25. The zero-order chi connectivity index (χ0) is 14.0. The van der Waals surface area contributed by atoms with Crippen molar-refractivity contribution < 1.29 is 9.18 Å². The van der Waals surface area contributed by atoms with Crippen molar-refractivity contribution in [3.63, 3.8) is 0 Å². The van der Waals surface area contributed by atoms with E-state index < -0.39 is 11.7 Å². The molecule has 1 amide bonds. The van der Waals surface area contributed by atoms with Crippen LogP contribution in [0.4, 0.5) is 15.8 Å². The van der Waals surface area contributed by atoms with Gasteiger partial charge < -0.3 is 11.1 Å². The van der Waals surface area contributed by atoms with E-state index in [1.54, 1.807) is 18.2 Å². The van der Waals surface area contributed by atoms with Gasteiger partial charge >= 0.3 is 0 Å². The Bertz CT molecular complexity index is 649. The summed E-state index contributed by atoms with van der Waals surface area (Å²) in [5.74, 6) is -1.19. The number of nitrogens with one attached hydrogen (secondary N) is 1. The van der Waals surface area contributed by atoms with Gasteiger partial charge in [-0.25, -0.2) is 4.39 Å². The molecule has 2 rings (SSSR count). The molecule has 0 aliphatic rings. The van der Waals surface area contributed by atoms with E-state index >= 15 is 0 Å². The zero-order valence-electron chi connectivity index (χ0n) is 9.58. The molecule has 6 heteroatoms. The maximum Gasteiger partial charge on any atom is 0.258 e. The smallest absolute Gasteiger partial charge is 0.258 e. The van der Waals surface area contributed by atoms with Gasteiger partial charge in [0.2, 0.25) is 0 Å². The molecule has 0 aliphatic carbocycles. The molecule has 0 bridgehead atoms. The first kappa shape index (κ1) is 13.8. The topological polar surface area (TPSA) is 55.1 Å². The Morgan fingerprint density at radius 2 is 2.00 bits per heavy atom. The maximum atomic E-state index is 13.6. The number of hydrogen-bond acceptors (Lipinski definition) is 2. The Labute approximate surface area is 122 Å². The molecule has 0 unspecified atom stereocenters. The van der Waals surface area contributed by atoms with E-state index in [0.717, 1.165) is 0 Å². The molecule has 2 aromatic rings. The lowest BCUT2D eigenvalue weighted by Gasteiger charge is -2.08. The summed E-state index contributed by atoms with van der Waals surface area (Å²) in [6.07, 6.45) is 0. The molecule has 19 heavy (non-hydrogen) atoms. The molecule has 0 saturated carbocycles. The van der Waals surface area contributed by atoms with Crippen molar-refractivity contribution >= 4 is 44.8 Å². The molecular formula is C13H9BrClFN2O. The van der Waals surface area contributed by atoms with Crippen LogP contribution in [0.5, 0.6) is 0 Å². The van der Waals surface area contributed by atoms with Gasteiger partial charge in [0, 0.05) is 10.2 Å². The first-order valence-corrected chi connectivity index (χ1v) is 6.46. The number of nitrogens with two attached hydrogens (primary N) is 1. The highest BCUT2D eigenvalue weighted by atomic mass is 79.9. The minimum absolute atomic E-state index is 0.0592. The number of carbonyl (C=O) groups is 1. The summed E-state index contributed by atoms with van der Waals surface area (Å²) in [4.78, 5) is 11.9. The van der Waals surface area contributed by atoms with Gasteiger partial charge in [-0.1, -0.05) is 27.5 Å². The van der Waals surface area contributed by atoms with E-state index in [9.17, 15) is 9.18 Å². The van der Waals surface area contributed by atoms with Crippen LogP contribution in [-0.2, 0) is 0 Å². The van der Waals surface area contributed by atoms with Crippen LogP contribution in [0.2, 0.25) is 5.02 Å². The third kappa shape index (κ3) is 3.24. The molecule has 3 nitrogen and oxygen atoms in total. The number of hydrogen-bond donors (Lipinski definition) is 2. The van der Waals surface area contributed by atoms with Crippen molar-refractivity contribution in [2.45, 2.75) is 0 Å². The molecule has 0 atom stereocenters. The van der Waals surface area contributed by atoms with E-state index in [0.29, 0.717) is 20.9 Å². The van der Waals surface area contributed by atoms with Gasteiger partial charge in [0.25, 0.3) is 5.91 Å². The van der Waals surface area contributed by atoms with Gasteiger partial charge in [-0.3, -0.25) is 4.79 Å². The van der Waals surface area contributed by atoms with Crippen molar-refractivity contribution in [3.8, 4) is 0 Å². The Balaban J connectivity index is 2.25. The van der Waals surface area contributed by atoms with Crippen molar-refractivity contribution in [3.05, 3.63) is 57.3 Å². The Hall–Kier alpha value is -1.59. The second kappa shape index (κ2) is 5.59. The second-order valence-corrected chi connectivity index (χ2v) is 5.14. The van der Waals surface area contributed by atoms with Gasteiger partial charge in [0.1, 0.15) is 5.82 Å². The van der Waals surface area contributed by atoms with Crippen LogP contribution in [0, 0.1) is 5.82 Å². The van der Waals surface area contributed by atoms with Crippen molar-refractivity contribution in [1.29, 1.82) is 0 Å². The van der Waals surface area contributed by atoms with Crippen LogP contribution in [0.3, 0.4) is 0 Å². The fraction of sp³-hybridized carbons (Fsp3) is 0. The number of nitrogen functional groups attached to an aromatic ring is 1. The molecule has 0 radical (unpaired) electrons. The lowest BCUT2D eigenvalue weighted by molar-refractivity contribution is 0.102. The first-order chi connectivity index (χ1) is 8.97. The van der Waals surface area contributed by atoms with Crippen LogP contribution < -0.4 is 11.1 Å². The van der Waals surface area contributed by atoms with Crippen LogP contribution in [-0.4, -0.2) is 5.91 Å². The Kier molecular flexibility index (Phi) is 4.07. The lowest BCUT2D eigenvalue weighted by Crippen LogP contribution is -2.14. The highest BCUT2D eigenvalue weighted by Gasteiger charge is 2.13. The summed E-state index contributed by atoms with van der Waals surface area (Å²) >= 11 is 9.06. The minimum atomic E-state index is -0.613. The van der Waals surface area contributed by atoms with Gasteiger partial charge in [-0.05, 0) is 36.4 Å². The Morgan fingerprint density at radius 3 is 2.63 bits per heavy atom. The molecule has 0 spiro atoms. The quantitative estimate of drug-likeness (QED) is 0.807. The molecule has 98 valence electrons. The molecule has 2 aromatic carbocycles. The van der Waals surface area contributed by atoms with Gasteiger partial charge in [0.15, 0.2) is 0 Å². The summed E-state index contributed by atoms with van der Waals surface area (Å²) in [5, 5.41) is 2.83. The highest BCUT2D eigenvalue weighted by molar-refractivity contribution is 9.10. The summed E-state index contributed by atoms with van der Waals surface area (Å²) < 4.78 is 14.2. The first-order valence-electron chi connectivity index (χ1n) is 5.29. The monoisotopic (exact) mass is 342 g/mol. The number of halogens is 3. The van der Waals surface area contributed by atoms with Crippen molar-refractivity contribution in [2.24, 2.45) is 0 Å². The fourth-order valence-corrected chi connectivity index (χ4v) is 2.07. The Morgan fingerprint density at radius 1 is 1.26 bits per heavy atom. The standard InChI is InChI=1S/C13H9BrClFN2O/c14-7-1-3-9(11(16)5-7)13(19)18-12-4-2-8(17)6-10(12)15/h1-6H,17H2,(H,18,19). The van der Waals surface area contributed by atoms with Gasteiger partial charge in [-0.2, -0.15) is 0 Å². The number of anilines is 2. The van der Waals surface area contributed by atoms with Gasteiger partial charge in [0.05, 0.1) is 16.3 Å². The summed E-state index contributed by atoms with van der Waals surface area (Å²) in [7, 11) is 0. The second-order valence-electron chi connectivity index (χ2n) is 3.82. The zero-order valence-corrected chi connectivity index (χ0v) is 11.9. The maximum absolute atomic E-state index is 13.6. The third-order valence-electron chi connectivity index (χ3n) is 2.42. The van der Waals surface area contributed by atoms with E-state index in [1.165, 1.54) is 18.2 Å². The summed E-state index contributed by atoms with van der Waals surface area (Å²) in [5.41, 5.74) is 6.35. The van der Waals surface area contributed by atoms with Crippen LogP contribution in [0.25, 0.3) is 0 Å². The predicted octanol–water partition coefficient (Wildman–Crippen LogP) is 4.08. The number of rotatable bonds is 2. The van der Waals surface area contributed by atoms with Crippen LogP contribution in [0.15, 0.2) is 40.9 Å². The minimum Gasteiger partial charge on any atom is -0.399 e. The van der Waals surface area contributed by atoms with E-state index in [2.05, 4.69) is 21.2 Å². The van der Waals surface area contributed by atoms with E-state index in [-0.39, 0.29) is 5.56 Å². The molecular weight excluding hydrogens is 335 g/mol. The van der Waals surface area contributed by atoms with Crippen LogP contribution in [0.1, 0.15) is 10.4 Å². The van der Waals surface area contributed by atoms with Crippen molar-refractivity contribution in [2.75, 3.05) is 11.1 Å². The predicted molar refractivity (Wildman–Crippen MR) is 77.9 cm³/mol.